The topological polar surface area (TPSA) is 26.3 Å². The molecule has 21 heavy (non-hydrogen) atoms. The van der Waals surface area contributed by atoms with Gasteiger partial charge in [-0.05, 0) is 42.7 Å². The Hall–Kier alpha value is -2.35. The van der Waals surface area contributed by atoms with Crippen molar-refractivity contribution in [2.45, 2.75) is 25.9 Å². The molecule has 2 heteroatoms. The van der Waals surface area contributed by atoms with E-state index in [4.69, 9.17) is 4.74 Å². The monoisotopic (exact) mass is 280 g/mol. The molecule has 0 atom stereocenters. The van der Waals surface area contributed by atoms with Gasteiger partial charge in [0.05, 0.1) is 0 Å². The molecule has 0 bridgehead atoms. The number of aldehydes is 1. The van der Waals surface area contributed by atoms with Gasteiger partial charge < -0.3 is 9.53 Å². The van der Waals surface area contributed by atoms with Crippen LogP contribution in [-0.4, -0.2) is 6.29 Å². The second-order valence-electron chi connectivity index (χ2n) is 5.45. The third-order valence-corrected chi connectivity index (χ3v) is 3.46. The summed E-state index contributed by atoms with van der Waals surface area (Å²) in [5.41, 5.74) is 2.72. The lowest BCUT2D eigenvalue weighted by atomic mass is 9.96. The molecular weight excluding hydrogens is 260 g/mol. The van der Waals surface area contributed by atoms with Gasteiger partial charge in [0.15, 0.2) is 0 Å². The SMILES string of the molecule is C=Cc1ccc(OC(C)(C)c2ccc(CC=O)cc2)cc1. The first-order valence-electron chi connectivity index (χ1n) is 7.00. The molecule has 2 aromatic carbocycles. The normalized spacial score (nSPS) is 11.0. The molecule has 0 aliphatic heterocycles. The third kappa shape index (κ3) is 3.82. The average molecular weight is 280 g/mol. The summed E-state index contributed by atoms with van der Waals surface area (Å²) in [6, 6.07) is 15.8. The summed E-state index contributed by atoms with van der Waals surface area (Å²) in [6.07, 6.45) is 3.17. The summed E-state index contributed by atoms with van der Waals surface area (Å²) in [6.45, 7) is 7.80. The highest BCUT2D eigenvalue weighted by atomic mass is 16.5. The molecule has 0 saturated heterocycles. The van der Waals surface area contributed by atoms with Crippen molar-refractivity contribution in [2.24, 2.45) is 0 Å². The van der Waals surface area contributed by atoms with Crippen molar-refractivity contribution in [3.05, 3.63) is 71.8 Å². The summed E-state index contributed by atoms with van der Waals surface area (Å²) in [7, 11) is 0. The van der Waals surface area contributed by atoms with Crippen molar-refractivity contribution in [1.29, 1.82) is 0 Å². The van der Waals surface area contributed by atoms with E-state index in [0.29, 0.717) is 6.42 Å². The van der Waals surface area contributed by atoms with Crippen LogP contribution in [0, 0.1) is 0 Å². The Morgan fingerprint density at radius 3 is 2.19 bits per heavy atom. The molecule has 0 saturated carbocycles. The fourth-order valence-corrected chi connectivity index (χ4v) is 2.16. The standard InChI is InChI=1S/C19H20O2/c1-4-15-7-11-18(12-8-15)21-19(2,3)17-9-5-16(6-10-17)13-14-20/h4-12,14H,1,13H2,2-3H3. The van der Waals surface area contributed by atoms with Crippen LogP contribution < -0.4 is 4.74 Å². The van der Waals surface area contributed by atoms with Gasteiger partial charge in [0, 0.05) is 6.42 Å². The lowest BCUT2D eigenvalue weighted by Gasteiger charge is -2.27. The van der Waals surface area contributed by atoms with Crippen molar-refractivity contribution < 1.29 is 9.53 Å². The summed E-state index contributed by atoms with van der Waals surface area (Å²) < 4.78 is 6.08. The first-order chi connectivity index (χ1) is 10.0. The van der Waals surface area contributed by atoms with Crippen molar-refractivity contribution in [3.8, 4) is 5.75 Å². The summed E-state index contributed by atoms with van der Waals surface area (Å²) >= 11 is 0. The molecule has 0 N–H and O–H groups in total. The van der Waals surface area contributed by atoms with Gasteiger partial charge in [0.1, 0.15) is 17.6 Å². The Kier molecular flexibility index (Phi) is 4.59. The Morgan fingerprint density at radius 1 is 1.05 bits per heavy atom. The Morgan fingerprint density at radius 2 is 1.67 bits per heavy atom. The zero-order chi connectivity index (χ0) is 15.3. The number of rotatable bonds is 6. The number of benzene rings is 2. The first-order valence-corrected chi connectivity index (χ1v) is 7.00. The van der Waals surface area contributed by atoms with E-state index in [-0.39, 0.29) is 0 Å². The second kappa shape index (κ2) is 6.40. The molecule has 0 aliphatic carbocycles. The van der Waals surface area contributed by atoms with Crippen LogP contribution in [-0.2, 0) is 16.8 Å². The van der Waals surface area contributed by atoms with Crippen LogP contribution in [0.25, 0.3) is 6.08 Å². The molecule has 0 fully saturated rings. The molecule has 0 unspecified atom stereocenters. The zero-order valence-corrected chi connectivity index (χ0v) is 12.5. The highest BCUT2D eigenvalue weighted by Crippen LogP contribution is 2.28. The quantitative estimate of drug-likeness (QED) is 0.734. The van der Waals surface area contributed by atoms with Crippen LogP contribution >= 0.6 is 0 Å². The van der Waals surface area contributed by atoms with Gasteiger partial charge in [0.25, 0.3) is 0 Å². The van der Waals surface area contributed by atoms with Crippen molar-refractivity contribution >= 4 is 12.4 Å². The third-order valence-electron chi connectivity index (χ3n) is 3.46. The maximum Gasteiger partial charge on any atom is 0.128 e. The average Bonchev–Trinajstić information content (AvgIpc) is 2.48. The van der Waals surface area contributed by atoms with Gasteiger partial charge in [-0.15, -0.1) is 0 Å². The summed E-state index contributed by atoms with van der Waals surface area (Å²) in [5, 5.41) is 0. The van der Waals surface area contributed by atoms with Gasteiger partial charge in [-0.1, -0.05) is 49.1 Å². The van der Waals surface area contributed by atoms with E-state index in [1.165, 1.54) is 0 Å². The minimum atomic E-state index is -0.435. The number of carbonyl (C=O) groups is 1. The lowest BCUT2D eigenvalue weighted by molar-refractivity contribution is -0.107. The Labute approximate surface area is 126 Å². The highest BCUT2D eigenvalue weighted by Gasteiger charge is 2.22. The van der Waals surface area contributed by atoms with Gasteiger partial charge in [-0.3, -0.25) is 0 Å². The van der Waals surface area contributed by atoms with E-state index in [0.717, 1.165) is 28.7 Å². The van der Waals surface area contributed by atoms with E-state index < -0.39 is 5.60 Å². The smallest absolute Gasteiger partial charge is 0.128 e. The Bertz CT molecular complexity index is 607. The molecule has 108 valence electrons. The molecule has 2 aromatic rings. The minimum absolute atomic E-state index is 0.435. The number of ether oxygens (including phenoxy) is 1. The van der Waals surface area contributed by atoms with E-state index in [1.807, 2.05) is 62.4 Å². The van der Waals surface area contributed by atoms with Crippen molar-refractivity contribution in [1.82, 2.24) is 0 Å². The zero-order valence-electron chi connectivity index (χ0n) is 12.5. The van der Waals surface area contributed by atoms with E-state index >= 15 is 0 Å². The number of hydrogen-bond donors (Lipinski definition) is 0. The predicted octanol–water partition coefficient (Wildman–Crippen LogP) is 4.39. The van der Waals surface area contributed by atoms with Gasteiger partial charge in [-0.25, -0.2) is 0 Å². The van der Waals surface area contributed by atoms with E-state index in [1.54, 1.807) is 6.08 Å². The molecular formula is C19H20O2. The summed E-state index contributed by atoms with van der Waals surface area (Å²) in [5.74, 6) is 0.822. The molecule has 2 rings (SSSR count). The lowest BCUT2D eigenvalue weighted by Crippen LogP contribution is -2.25. The minimum Gasteiger partial charge on any atom is -0.483 e. The fourth-order valence-electron chi connectivity index (χ4n) is 2.16. The van der Waals surface area contributed by atoms with E-state index in [9.17, 15) is 4.79 Å². The second-order valence-corrected chi connectivity index (χ2v) is 5.45. The van der Waals surface area contributed by atoms with Gasteiger partial charge in [-0.2, -0.15) is 0 Å². The van der Waals surface area contributed by atoms with Gasteiger partial charge >= 0.3 is 0 Å². The molecule has 0 spiro atoms. The molecule has 0 aliphatic rings. The molecule has 0 aromatic heterocycles. The Balaban J connectivity index is 2.15. The predicted molar refractivity (Wildman–Crippen MR) is 86.4 cm³/mol. The number of carbonyl (C=O) groups excluding carboxylic acids is 1. The van der Waals surface area contributed by atoms with Crippen LogP contribution in [0.2, 0.25) is 0 Å². The molecule has 0 amide bonds. The van der Waals surface area contributed by atoms with Crippen LogP contribution in [0.1, 0.15) is 30.5 Å². The van der Waals surface area contributed by atoms with Crippen LogP contribution in [0.15, 0.2) is 55.1 Å². The molecule has 2 nitrogen and oxygen atoms in total. The van der Waals surface area contributed by atoms with Crippen molar-refractivity contribution in [2.75, 3.05) is 0 Å². The van der Waals surface area contributed by atoms with Crippen molar-refractivity contribution in [3.63, 3.8) is 0 Å². The summed E-state index contributed by atoms with van der Waals surface area (Å²) in [4.78, 5) is 10.5. The van der Waals surface area contributed by atoms with Gasteiger partial charge in [0.2, 0.25) is 0 Å². The van der Waals surface area contributed by atoms with Crippen LogP contribution in [0.5, 0.6) is 5.75 Å². The fraction of sp³-hybridized carbons (Fsp3) is 0.211. The first kappa shape index (κ1) is 15.0. The van der Waals surface area contributed by atoms with Crippen LogP contribution in [0.3, 0.4) is 0 Å². The van der Waals surface area contributed by atoms with Crippen LogP contribution in [0.4, 0.5) is 0 Å². The highest BCUT2D eigenvalue weighted by molar-refractivity contribution is 5.55. The molecule has 0 radical (unpaired) electrons. The van der Waals surface area contributed by atoms with E-state index in [2.05, 4.69) is 6.58 Å². The molecule has 0 heterocycles. The number of hydrogen-bond acceptors (Lipinski definition) is 2. The maximum absolute atomic E-state index is 10.5. The maximum atomic E-state index is 10.5. The largest absolute Gasteiger partial charge is 0.483 e.